The van der Waals surface area contributed by atoms with Crippen LogP contribution in [0, 0.1) is 3.57 Å². The van der Waals surface area contributed by atoms with E-state index in [0.29, 0.717) is 18.2 Å². The molecule has 1 atom stereocenters. The molecule has 0 bridgehead atoms. The quantitative estimate of drug-likeness (QED) is 0.767. The molecule has 0 aromatic heterocycles. The number of benzene rings is 1. The lowest BCUT2D eigenvalue weighted by Crippen LogP contribution is -2.39. The van der Waals surface area contributed by atoms with Gasteiger partial charge in [-0.3, -0.25) is 9.69 Å². The third-order valence-corrected chi connectivity index (χ3v) is 4.29. The monoisotopic (exact) mass is 357 g/mol. The Kier molecular flexibility index (Phi) is 5.18. The molecular formula is C15H20INO. The van der Waals surface area contributed by atoms with E-state index in [-0.39, 0.29) is 0 Å². The second kappa shape index (κ2) is 6.66. The third kappa shape index (κ3) is 4.05. The number of nitrogens with zero attached hydrogens (tertiary/aromatic N) is 1. The maximum atomic E-state index is 11.3. The third-order valence-electron chi connectivity index (χ3n) is 3.57. The number of ketones is 1. The summed E-state index contributed by atoms with van der Waals surface area (Å²) in [6.07, 6.45) is 4.41. The van der Waals surface area contributed by atoms with Gasteiger partial charge in [-0.05, 0) is 66.6 Å². The van der Waals surface area contributed by atoms with Gasteiger partial charge in [0, 0.05) is 22.6 Å². The molecule has 1 aliphatic heterocycles. The zero-order valence-corrected chi connectivity index (χ0v) is 13.0. The molecule has 0 saturated carbocycles. The molecule has 2 rings (SSSR count). The summed E-state index contributed by atoms with van der Waals surface area (Å²) in [5.74, 6) is 0.314. The molecule has 1 saturated heterocycles. The fourth-order valence-electron chi connectivity index (χ4n) is 2.66. The Morgan fingerprint density at radius 2 is 2.06 bits per heavy atom. The summed E-state index contributed by atoms with van der Waals surface area (Å²) in [4.78, 5) is 13.8. The van der Waals surface area contributed by atoms with Crippen LogP contribution in [0.25, 0.3) is 0 Å². The van der Waals surface area contributed by atoms with Gasteiger partial charge in [-0.15, -0.1) is 0 Å². The number of hydrogen-bond donors (Lipinski definition) is 0. The van der Waals surface area contributed by atoms with Gasteiger partial charge < -0.3 is 0 Å². The Bertz CT molecular complexity index is 401. The molecule has 0 N–H and O–H groups in total. The maximum Gasteiger partial charge on any atom is 0.131 e. The van der Waals surface area contributed by atoms with E-state index in [9.17, 15) is 4.79 Å². The lowest BCUT2D eigenvalue weighted by molar-refractivity contribution is -0.118. The maximum absolute atomic E-state index is 11.3. The number of piperidine rings is 1. The van der Waals surface area contributed by atoms with Crippen LogP contribution in [-0.2, 0) is 11.3 Å². The second-order valence-corrected chi connectivity index (χ2v) is 6.40. The first-order chi connectivity index (χ1) is 8.65. The molecule has 18 heavy (non-hydrogen) atoms. The van der Waals surface area contributed by atoms with Crippen molar-refractivity contribution in [2.45, 2.75) is 45.2 Å². The molecule has 0 amide bonds. The number of carbonyl (C=O) groups excluding carboxylic acids is 1. The molecule has 1 unspecified atom stereocenters. The molecule has 1 heterocycles. The minimum Gasteiger partial charge on any atom is -0.300 e. The Labute approximate surface area is 123 Å². The lowest BCUT2D eigenvalue weighted by Gasteiger charge is -2.35. The standard InChI is InChI=1S/C15H20INO/c1-12(18)10-15-4-2-3-9-17(15)11-13-5-7-14(16)8-6-13/h5-8,15H,2-4,9-11H2,1H3. The van der Waals surface area contributed by atoms with Crippen LogP contribution < -0.4 is 0 Å². The molecule has 0 radical (unpaired) electrons. The number of carbonyl (C=O) groups is 1. The van der Waals surface area contributed by atoms with E-state index >= 15 is 0 Å². The van der Waals surface area contributed by atoms with Crippen LogP contribution >= 0.6 is 22.6 Å². The first kappa shape index (κ1) is 14.0. The first-order valence-electron chi connectivity index (χ1n) is 6.63. The van der Waals surface area contributed by atoms with Crippen LogP contribution in [0.15, 0.2) is 24.3 Å². The highest BCUT2D eigenvalue weighted by Gasteiger charge is 2.23. The van der Waals surface area contributed by atoms with Crippen LogP contribution in [0.4, 0.5) is 0 Å². The van der Waals surface area contributed by atoms with E-state index in [4.69, 9.17) is 0 Å². The van der Waals surface area contributed by atoms with Gasteiger partial charge in [0.25, 0.3) is 0 Å². The van der Waals surface area contributed by atoms with E-state index in [1.807, 2.05) is 0 Å². The smallest absolute Gasteiger partial charge is 0.131 e. The van der Waals surface area contributed by atoms with Crippen molar-refractivity contribution in [2.75, 3.05) is 6.54 Å². The summed E-state index contributed by atoms with van der Waals surface area (Å²) >= 11 is 2.33. The van der Waals surface area contributed by atoms with Crippen molar-refractivity contribution in [1.82, 2.24) is 4.90 Å². The Morgan fingerprint density at radius 3 is 2.72 bits per heavy atom. The van der Waals surface area contributed by atoms with Gasteiger partial charge in [0.15, 0.2) is 0 Å². The van der Waals surface area contributed by atoms with E-state index in [0.717, 1.165) is 13.1 Å². The molecule has 3 heteroatoms. The SMILES string of the molecule is CC(=O)CC1CCCCN1Cc1ccc(I)cc1. The molecule has 1 aliphatic rings. The normalized spacial score (nSPS) is 20.9. The van der Waals surface area contributed by atoms with E-state index in [1.165, 1.54) is 28.4 Å². The van der Waals surface area contributed by atoms with Gasteiger partial charge in [-0.1, -0.05) is 18.6 Å². The number of rotatable bonds is 4. The fraction of sp³-hybridized carbons (Fsp3) is 0.533. The van der Waals surface area contributed by atoms with Crippen LogP contribution in [0.1, 0.15) is 38.2 Å². The average Bonchev–Trinajstić information content (AvgIpc) is 2.34. The van der Waals surface area contributed by atoms with Crippen molar-refractivity contribution in [3.63, 3.8) is 0 Å². The number of hydrogen-bond acceptors (Lipinski definition) is 2. The Morgan fingerprint density at radius 1 is 1.33 bits per heavy atom. The fourth-order valence-corrected chi connectivity index (χ4v) is 3.02. The topological polar surface area (TPSA) is 20.3 Å². The second-order valence-electron chi connectivity index (χ2n) is 5.15. The average molecular weight is 357 g/mol. The molecule has 0 spiro atoms. The molecule has 1 fully saturated rings. The Balaban J connectivity index is 2.00. The summed E-state index contributed by atoms with van der Waals surface area (Å²) in [6, 6.07) is 9.15. The summed E-state index contributed by atoms with van der Waals surface area (Å²) in [5, 5.41) is 0. The summed E-state index contributed by atoms with van der Waals surface area (Å²) in [7, 11) is 0. The van der Waals surface area contributed by atoms with E-state index in [2.05, 4.69) is 51.8 Å². The van der Waals surface area contributed by atoms with E-state index in [1.54, 1.807) is 6.92 Å². The van der Waals surface area contributed by atoms with Crippen molar-refractivity contribution < 1.29 is 4.79 Å². The summed E-state index contributed by atoms with van der Waals surface area (Å²) in [6.45, 7) is 3.82. The van der Waals surface area contributed by atoms with Crippen LogP contribution in [-0.4, -0.2) is 23.3 Å². The van der Waals surface area contributed by atoms with Crippen molar-refractivity contribution in [3.05, 3.63) is 33.4 Å². The minimum atomic E-state index is 0.314. The van der Waals surface area contributed by atoms with Gasteiger partial charge in [0.1, 0.15) is 5.78 Å². The highest BCUT2D eigenvalue weighted by atomic mass is 127. The molecule has 2 nitrogen and oxygen atoms in total. The van der Waals surface area contributed by atoms with Crippen molar-refractivity contribution in [3.8, 4) is 0 Å². The number of Topliss-reactive ketones (excluding diaryl/α,β-unsaturated/α-hetero) is 1. The number of halogens is 1. The molecule has 1 aromatic rings. The van der Waals surface area contributed by atoms with Gasteiger partial charge >= 0.3 is 0 Å². The predicted molar refractivity (Wildman–Crippen MR) is 82.5 cm³/mol. The van der Waals surface area contributed by atoms with Crippen molar-refractivity contribution in [2.24, 2.45) is 0 Å². The van der Waals surface area contributed by atoms with Gasteiger partial charge in [-0.25, -0.2) is 0 Å². The largest absolute Gasteiger partial charge is 0.300 e. The zero-order valence-electron chi connectivity index (χ0n) is 10.9. The molecule has 0 aliphatic carbocycles. The van der Waals surface area contributed by atoms with Crippen molar-refractivity contribution in [1.29, 1.82) is 0 Å². The van der Waals surface area contributed by atoms with Crippen LogP contribution in [0.2, 0.25) is 0 Å². The lowest BCUT2D eigenvalue weighted by atomic mass is 9.97. The highest BCUT2D eigenvalue weighted by Crippen LogP contribution is 2.22. The van der Waals surface area contributed by atoms with Crippen LogP contribution in [0.3, 0.4) is 0 Å². The van der Waals surface area contributed by atoms with Gasteiger partial charge in [0.05, 0.1) is 0 Å². The highest BCUT2D eigenvalue weighted by molar-refractivity contribution is 14.1. The molecular weight excluding hydrogens is 337 g/mol. The first-order valence-corrected chi connectivity index (χ1v) is 7.71. The minimum absolute atomic E-state index is 0.314. The summed E-state index contributed by atoms with van der Waals surface area (Å²) < 4.78 is 1.27. The van der Waals surface area contributed by atoms with E-state index < -0.39 is 0 Å². The Hall–Kier alpha value is -0.420. The molecule has 98 valence electrons. The molecule has 1 aromatic carbocycles. The number of likely N-dealkylation sites (tertiary alicyclic amines) is 1. The summed E-state index contributed by atoms with van der Waals surface area (Å²) in [5.41, 5.74) is 1.35. The van der Waals surface area contributed by atoms with Gasteiger partial charge in [-0.2, -0.15) is 0 Å². The van der Waals surface area contributed by atoms with Crippen molar-refractivity contribution >= 4 is 28.4 Å². The van der Waals surface area contributed by atoms with Crippen LogP contribution in [0.5, 0.6) is 0 Å². The predicted octanol–water partition coefficient (Wildman–Crippen LogP) is 3.62. The van der Waals surface area contributed by atoms with Gasteiger partial charge in [0.2, 0.25) is 0 Å². The zero-order chi connectivity index (χ0) is 13.0.